The van der Waals surface area contributed by atoms with Gasteiger partial charge in [-0.05, 0) is 38.8 Å². The van der Waals surface area contributed by atoms with E-state index in [0.717, 1.165) is 36.6 Å². The summed E-state index contributed by atoms with van der Waals surface area (Å²) in [7, 11) is 0. The number of fused-ring (bicyclic) bond motifs is 1. The number of ether oxygens (including phenoxy) is 2. The topological polar surface area (TPSA) is 62.8 Å². The average Bonchev–Trinajstić information content (AvgIpc) is 3.00. The molecular weight excluding hydrogens is 318 g/mol. The fraction of sp³-hybridized carbons (Fsp3) is 0.632. The van der Waals surface area contributed by atoms with Crippen molar-refractivity contribution in [2.75, 3.05) is 32.9 Å². The molecule has 138 valence electrons. The predicted octanol–water partition coefficient (Wildman–Crippen LogP) is 2.15. The van der Waals surface area contributed by atoms with E-state index in [0.29, 0.717) is 19.2 Å². The average molecular weight is 347 g/mol. The van der Waals surface area contributed by atoms with Gasteiger partial charge in [-0.2, -0.15) is 0 Å². The van der Waals surface area contributed by atoms with Crippen LogP contribution in [0, 0.1) is 13.8 Å². The van der Waals surface area contributed by atoms with Crippen LogP contribution in [0.4, 0.5) is 4.79 Å². The fourth-order valence-electron chi connectivity index (χ4n) is 3.61. The standard InChI is InChI=1S/C19H29N3O3/c1-12-5-6-16-17(11-25-18(16)15(12)4)21-19(23)20-9-13(2)22-7-8-24-10-14(22)3/h5-6,13-14,17H,7-11H2,1-4H3,(H2,20,21,23)/t13-,14+,17-/m0/s1. The third-order valence-electron chi connectivity index (χ3n) is 5.33. The van der Waals surface area contributed by atoms with Crippen molar-refractivity contribution in [3.05, 3.63) is 28.8 Å². The molecule has 2 aliphatic rings. The summed E-state index contributed by atoms with van der Waals surface area (Å²) in [5.41, 5.74) is 3.42. The molecule has 25 heavy (non-hydrogen) atoms. The fourth-order valence-corrected chi connectivity index (χ4v) is 3.61. The highest BCUT2D eigenvalue weighted by atomic mass is 16.5. The largest absolute Gasteiger partial charge is 0.490 e. The van der Waals surface area contributed by atoms with Crippen molar-refractivity contribution >= 4 is 6.03 Å². The number of aryl methyl sites for hydroxylation is 1. The molecule has 0 radical (unpaired) electrons. The summed E-state index contributed by atoms with van der Waals surface area (Å²) in [4.78, 5) is 14.7. The Morgan fingerprint density at radius 1 is 1.36 bits per heavy atom. The van der Waals surface area contributed by atoms with Gasteiger partial charge < -0.3 is 20.1 Å². The maximum absolute atomic E-state index is 12.3. The van der Waals surface area contributed by atoms with E-state index < -0.39 is 0 Å². The molecule has 6 heteroatoms. The van der Waals surface area contributed by atoms with Crippen LogP contribution in [-0.4, -0.2) is 55.9 Å². The Morgan fingerprint density at radius 3 is 2.92 bits per heavy atom. The van der Waals surface area contributed by atoms with Gasteiger partial charge in [0.15, 0.2) is 0 Å². The molecule has 2 N–H and O–H groups in total. The minimum atomic E-state index is -0.146. The molecule has 0 saturated carbocycles. The Hall–Kier alpha value is -1.79. The zero-order valence-corrected chi connectivity index (χ0v) is 15.6. The SMILES string of the molecule is Cc1ccc2c(c1C)OC[C@@H]2NC(=O)NC[C@H](C)N1CCOC[C@H]1C. The maximum Gasteiger partial charge on any atom is 0.315 e. The van der Waals surface area contributed by atoms with Crippen molar-refractivity contribution in [1.29, 1.82) is 0 Å². The van der Waals surface area contributed by atoms with Gasteiger partial charge in [-0.25, -0.2) is 4.79 Å². The summed E-state index contributed by atoms with van der Waals surface area (Å²) in [6.07, 6.45) is 0. The zero-order chi connectivity index (χ0) is 18.0. The molecule has 0 aliphatic carbocycles. The second-order valence-electron chi connectivity index (χ2n) is 7.15. The van der Waals surface area contributed by atoms with Crippen LogP contribution in [0.15, 0.2) is 12.1 Å². The summed E-state index contributed by atoms with van der Waals surface area (Å²) >= 11 is 0. The number of urea groups is 1. The Bertz CT molecular complexity index is 635. The van der Waals surface area contributed by atoms with Gasteiger partial charge in [0.05, 0.1) is 19.3 Å². The molecule has 2 heterocycles. The minimum absolute atomic E-state index is 0.0908. The van der Waals surface area contributed by atoms with E-state index in [9.17, 15) is 4.79 Å². The number of rotatable bonds is 4. The molecule has 2 aliphatic heterocycles. The number of hydrogen-bond donors (Lipinski definition) is 2. The number of carbonyl (C=O) groups is 1. The maximum atomic E-state index is 12.3. The molecular formula is C19H29N3O3. The lowest BCUT2D eigenvalue weighted by molar-refractivity contribution is -0.0176. The Morgan fingerprint density at radius 2 is 2.16 bits per heavy atom. The molecule has 3 rings (SSSR count). The first-order valence-electron chi connectivity index (χ1n) is 9.08. The van der Waals surface area contributed by atoms with Crippen LogP contribution in [0.1, 0.15) is 36.6 Å². The Labute approximate surface area is 149 Å². The summed E-state index contributed by atoms with van der Waals surface area (Å²) in [5, 5.41) is 6.03. The number of hydrogen-bond acceptors (Lipinski definition) is 4. The quantitative estimate of drug-likeness (QED) is 0.876. The molecule has 0 spiro atoms. The first-order valence-corrected chi connectivity index (χ1v) is 9.08. The zero-order valence-electron chi connectivity index (χ0n) is 15.6. The van der Waals surface area contributed by atoms with Crippen molar-refractivity contribution in [2.45, 2.75) is 45.8 Å². The lowest BCUT2D eigenvalue weighted by Crippen LogP contribution is -2.53. The lowest BCUT2D eigenvalue weighted by Gasteiger charge is -2.37. The van der Waals surface area contributed by atoms with Crippen molar-refractivity contribution in [3.63, 3.8) is 0 Å². The highest BCUT2D eigenvalue weighted by Gasteiger charge is 2.28. The van der Waals surface area contributed by atoms with E-state index in [-0.39, 0.29) is 18.1 Å². The first kappa shape index (κ1) is 18.0. The minimum Gasteiger partial charge on any atom is -0.490 e. The second kappa shape index (κ2) is 7.62. The molecule has 0 unspecified atom stereocenters. The van der Waals surface area contributed by atoms with Crippen LogP contribution in [0.5, 0.6) is 5.75 Å². The van der Waals surface area contributed by atoms with Gasteiger partial charge in [0.1, 0.15) is 12.4 Å². The van der Waals surface area contributed by atoms with Crippen LogP contribution < -0.4 is 15.4 Å². The molecule has 1 aromatic rings. The number of amides is 2. The third-order valence-corrected chi connectivity index (χ3v) is 5.33. The summed E-state index contributed by atoms with van der Waals surface area (Å²) in [6, 6.07) is 4.56. The van der Waals surface area contributed by atoms with Gasteiger partial charge in [-0.15, -0.1) is 0 Å². The van der Waals surface area contributed by atoms with E-state index in [1.807, 2.05) is 6.07 Å². The number of carbonyl (C=O) groups excluding carboxylic acids is 1. The summed E-state index contributed by atoms with van der Waals surface area (Å²) in [6.45, 7) is 12.0. The van der Waals surface area contributed by atoms with Gasteiger partial charge >= 0.3 is 6.03 Å². The number of benzene rings is 1. The van der Waals surface area contributed by atoms with Crippen LogP contribution >= 0.6 is 0 Å². The van der Waals surface area contributed by atoms with Gasteiger partial charge in [0.25, 0.3) is 0 Å². The normalized spacial score (nSPS) is 24.3. The summed E-state index contributed by atoms with van der Waals surface area (Å²) < 4.78 is 11.3. The van der Waals surface area contributed by atoms with E-state index in [1.54, 1.807) is 0 Å². The molecule has 3 atom stereocenters. The number of nitrogens with zero attached hydrogens (tertiary/aromatic N) is 1. The monoisotopic (exact) mass is 347 g/mol. The molecule has 1 saturated heterocycles. The molecule has 1 fully saturated rings. The molecule has 2 amide bonds. The van der Waals surface area contributed by atoms with E-state index in [1.165, 1.54) is 5.56 Å². The Balaban J connectivity index is 1.52. The molecule has 6 nitrogen and oxygen atoms in total. The van der Waals surface area contributed by atoms with Crippen molar-refractivity contribution < 1.29 is 14.3 Å². The van der Waals surface area contributed by atoms with E-state index in [4.69, 9.17) is 9.47 Å². The number of nitrogens with one attached hydrogen (secondary N) is 2. The Kier molecular flexibility index (Phi) is 5.49. The van der Waals surface area contributed by atoms with Gasteiger partial charge in [0, 0.05) is 30.7 Å². The van der Waals surface area contributed by atoms with Crippen molar-refractivity contribution in [1.82, 2.24) is 15.5 Å². The van der Waals surface area contributed by atoms with Gasteiger partial charge in [0.2, 0.25) is 0 Å². The second-order valence-corrected chi connectivity index (χ2v) is 7.15. The van der Waals surface area contributed by atoms with Crippen molar-refractivity contribution in [3.8, 4) is 5.75 Å². The highest BCUT2D eigenvalue weighted by Crippen LogP contribution is 2.36. The van der Waals surface area contributed by atoms with Crippen molar-refractivity contribution in [2.24, 2.45) is 0 Å². The molecule has 1 aromatic carbocycles. The third kappa shape index (κ3) is 3.90. The van der Waals surface area contributed by atoms with Crippen LogP contribution in [0.3, 0.4) is 0 Å². The highest BCUT2D eigenvalue weighted by molar-refractivity contribution is 5.75. The van der Waals surface area contributed by atoms with Crippen LogP contribution in [0.25, 0.3) is 0 Å². The van der Waals surface area contributed by atoms with Crippen LogP contribution in [-0.2, 0) is 4.74 Å². The number of morpholine rings is 1. The van der Waals surface area contributed by atoms with E-state index >= 15 is 0 Å². The summed E-state index contributed by atoms with van der Waals surface area (Å²) in [5.74, 6) is 0.917. The molecule has 0 bridgehead atoms. The van der Waals surface area contributed by atoms with E-state index in [2.05, 4.69) is 49.3 Å². The smallest absolute Gasteiger partial charge is 0.315 e. The predicted molar refractivity (Wildman–Crippen MR) is 97.1 cm³/mol. The van der Waals surface area contributed by atoms with Crippen LogP contribution in [0.2, 0.25) is 0 Å². The van der Waals surface area contributed by atoms with Gasteiger partial charge in [-0.1, -0.05) is 12.1 Å². The van der Waals surface area contributed by atoms with Gasteiger partial charge in [-0.3, -0.25) is 4.90 Å². The lowest BCUT2D eigenvalue weighted by atomic mass is 10.0. The molecule has 0 aromatic heterocycles. The first-order chi connectivity index (χ1) is 12.0.